The minimum absolute atomic E-state index is 0.433. The lowest BCUT2D eigenvalue weighted by Gasteiger charge is -2.03. The van der Waals surface area contributed by atoms with Crippen molar-refractivity contribution in [1.82, 2.24) is 15.0 Å². The molecule has 0 saturated heterocycles. The van der Waals surface area contributed by atoms with E-state index < -0.39 is 0 Å². The second kappa shape index (κ2) is 5.27. The van der Waals surface area contributed by atoms with Gasteiger partial charge in [0.2, 0.25) is 0 Å². The molecule has 0 atom stereocenters. The molecule has 5 nitrogen and oxygen atoms in total. The fraction of sp³-hybridized carbons (Fsp3) is 0.273. The van der Waals surface area contributed by atoms with E-state index in [0.29, 0.717) is 25.6 Å². The maximum atomic E-state index is 5.50. The number of anilines is 1. The molecule has 0 unspecified atom stereocenters. The number of nitrogens with two attached hydrogens (primary N) is 1. The largest absolute Gasteiger partial charge is 0.381 e. The topological polar surface area (TPSA) is 66.0 Å². The molecule has 1 aromatic heterocycles. The van der Waals surface area contributed by atoms with E-state index in [9.17, 15) is 0 Å². The average molecular weight is 218 g/mol. The zero-order valence-electron chi connectivity index (χ0n) is 8.91. The van der Waals surface area contributed by atoms with E-state index in [1.54, 1.807) is 10.9 Å². The third-order valence-electron chi connectivity index (χ3n) is 2.13. The summed E-state index contributed by atoms with van der Waals surface area (Å²) in [5, 5.41) is 7.51. The van der Waals surface area contributed by atoms with Gasteiger partial charge in [-0.05, 0) is 5.56 Å². The van der Waals surface area contributed by atoms with Crippen LogP contribution in [0, 0.1) is 0 Å². The highest BCUT2D eigenvalue weighted by molar-refractivity contribution is 5.19. The number of ether oxygens (including phenoxy) is 1. The Balaban J connectivity index is 1.69. The van der Waals surface area contributed by atoms with Gasteiger partial charge in [-0.2, -0.15) is 0 Å². The Morgan fingerprint density at radius 2 is 2.06 bits per heavy atom. The molecule has 1 heterocycles. The Morgan fingerprint density at radius 1 is 1.25 bits per heavy atom. The van der Waals surface area contributed by atoms with E-state index in [0.717, 1.165) is 0 Å². The molecule has 16 heavy (non-hydrogen) atoms. The van der Waals surface area contributed by atoms with Gasteiger partial charge in [-0.1, -0.05) is 35.5 Å². The highest BCUT2D eigenvalue weighted by Gasteiger charge is 1.96. The Labute approximate surface area is 93.8 Å². The first kappa shape index (κ1) is 10.6. The first-order valence-electron chi connectivity index (χ1n) is 5.12. The van der Waals surface area contributed by atoms with Crippen LogP contribution in [0.4, 0.5) is 5.82 Å². The summed E-state index contributed by atoms with van der Waals surface area (Å²) in [6.45, 7) is 1.87. The summed E-state index contributed by atoms with van der Waals surface area (Å²) in [6.07, 6.45) is 1.69. The third kappa shape index (κ3) is 3.06. The smallest absolute Gasteiger partial charge is 0.165 e. The molecule has 0 spiro atoms. The van der Waals surface area contributed by atoms with Crippen LogP contribution in [0.3, 0.4) is 0 Å². The van der Waals surface area contributed by atoms with Gasteiger partial charge in [0.1, 0.15) is 0 Å². The number of nitrogen functional groups attached to an aromatic ring is 1. The van der Waals surface area contributed by atoms with Gasteiger partial charge in [-0.3, -0.25) is 0 Å². The van der Waals surface area contributed by atoms with E-state index in [4.69, 9.17) is 10.5 Å². The summed E-state index contributed by atoms with van der Waals surface area (Å²) in [5.41, 5.74) is 6.61. The van der Waals surface area contributed by atoms with Crippen LogP contribution in [0.1, 0.15) is 5.56 Å². The van der Waals surface area contributed by atoms with Crippen molar-refractivity contribution < 1.29 is 4.74 Å². The van der Waals surface area contributed by atoms with E-state index in [1.807, 2.05) is 30.3 Å². The molecule has 2 N–H and O–H groups in total. The Hall–Kier alpha value is -1.88. The van der Waals surface area contributed by atoms with Crippen LogP contribution in [0.2, 0.25) is 0 Å². The predicted molar refractivity (Wildman–Crippen MR) is 60.5 cm³/mol. The first-order valence-corrected chi connectivity index (χ1v) is 5.12. The Morgan fingerprint density at radius 3 is 2.75 bits per heavy atom. The highest BCUT2D eigenvalue weighted by Crippen LogP contribution is 2.00. The molecule has 0 amide bonds. The minimum atomic E-state index is 0.433. The van der Waals surface area contributed by atoms with Gasteiger partial charge in [-0.15, -0.1) is 5.10 Å². The number of nitrogens with zero attached hydrogens (tertiary/aromatic N) is 3. The van der Waals surface area contributed by atoms with Gasteiger partial charge in [-0.25, -0.2) is 4.68 Å². The monoisotopic (exact) mass is 218 g/mol. The van der Waals surface area contributed by atoms with E-state index in [1.165, 1.54) is 5.56 Å². The molecular formula is C11H14N4O. The van der Waals surface area contributed by atoms with Crippen molar-refractivity contribution in [2.45, 2.75) is 13.2 Å². The summed E-state index contributed by atoms with van der Waals surface area (Å²) in [4.78, 5) is 0. The fourth-order valence-electron chi connectivity index (χ4n) is 1.35. The summed E-state index contributed by atoms with van der Waals surface area (Å²) < 4.78 is 7.17. The Kier molecular flexibility index (Phi) is 3.50. The maximum absolute atomic E-state index is 5.50. The predicted octanol–water partition coefficient (Wildman–Crippen LogP) is 1.08. The molecule has 0 aliphatic carbocycles. The van der Waals surface area contributed by atoms with E-state index >= 15 is 0 Å². The van der Waals surface area contributed by atoms with Crippen LogP contribution in [0.25, 0.3) is 0 Å². The van der Waals surface area contributed by atoms with Crippen molar-refractivity contribution >= 4 is 5.82 Å². The van der Waals surface area contributed by atoms with Crippen molar-refractivity contribution in [3.8, 4) is 0 Å². The third-order valence-corrected chi connectivity index (χ3v) is 2.13. The summed E-state index contributed by atoms with van der Waals surface area (Å²) >= 11 is 0. The van der Waals surface area contributed by atoms with Gasteiger partial charge < -0.3 is 10.5 Å². The molecular weight excluding hydrogens is 204 g/mol. The molecule has 0 fully saturated rings. The van der Waals surface area contributed by atoms with Gasteiger partial charge in [0.05, 0.1) is 26.0 Å². The van der Waals surface area contributed by atoms with Crippen LogP contribution in [-0.2, 0) is 17.9 Å². The van der Waals surface area contributed by atoms with Crippen molar-refractivity contribution in [3.05, 3.63) is 42.1 Å². The van der Waals surface area contributed by atoms with Gasteiger partial charge in [0.15, 0.2) is 5.82 Å². The van der Waals surface area contributed by atoms with Gasteiger partial charge >= 0.3 is 0 Å². The molecule has 0 radical (unpaired) electrons. The quantitative estimate of drug-likeness (QED) is 0.762. The second-order valence-corrected chi connectivity index (χ2v) is 3.44. The second-order valence-electron chi connectivity index (χ2n) is 3.44. The van der Waals surface area contributed by atoms with Crippen LogP contribution >= 0.6 is 0 Å². The lowest BCUT2D eigenvalue weighted by molar-refractivity contribution is 0.110. The number of aromatic nitrogens is 3. The van der Waals surface area contributed by atoms with Gasteiger partial charge in [0.25, 0.3) is 0 Å². The molecule has 0 bridgehead atoms. The normalized spacial score (nSPS) is 10.5. The van der Waals surface area contributed by atoms with Crippen LogP contribution in [0.15, 0.2) is 36.5 Å². The maximum Gasteiger partial charge on any atom is 0.165 e. The van der Waals surface area contributed by atoms with Gasteiger partial charge in [0, 0.05) is 0 Å². The molecule has 0 aliphatic heterocycles. The molecule has 1 aromatic carbocycles. The summed E-state index contributed by atoms with van der Waals surface area (Å²) in [5.74, 6) is 0.433. The molecule has 2 rings (SSSR count). The molecule has 5 heteroatoms. The molecule has 84 valence electrons. The first-order chi connectivity index (χ1) is 7.84. The zero-order chi connectivity index (χ0) is 11.2. The molecule has 0 saturated carbocycles. The minimum Gasteiger partial charge on any atom is -0.381 e. The highest BCUT2D eigenvalue weighted by atomic mass is 16.5. The van der Waals surface area contributed by atoms with E-state index in [2.05, 4.69) is 10.3 Å². The van der Waals surface area contributed by atoms with Crippen molar-refractivity contribution in [1.29, 1.82) is 0 Å². The zero-order valence-corrected chi connectivity index (χ0v) is 8.91. The van der Waals surface area contributed by atoms with Crippen molar-refractivity contribution in [3.63, 3.8) is 0 Å². The van der Waals surface area contributed by atoms with Crippen molar-refractivity contribution in [2.24, 2.45) is 0 Å². The molecule has 2 aromatic rings. The SMILES string of the molecule is Nc1cn(CCOCc2ccccc2)nn1. The van der Waals surface area contributed by atoms with Crippen LogP contribution < -0.4 is 5.73 Å². The lowest BCUT2D eigenvalue weighted by Crippen LogP contribution is -2.06. The number of hydrogen-bond acceptors (Lipinski definition) is 4. The number of hydrogen-bond donors (Lipinski definition) is 1. The van der Waals surface area contributed by atoms with Crippen molar-refractivity contribution in [2.75, 3.05) is 12.3 Å². The lowest BCUT2D eigenvalue weighted by atomic mass is 10.2. The molecule has 0 aliphatic rings. The summed E-state index contributed by atoms with van der Waals surface area (Å²) in [6, 6.07) is 10.1. The standard InChI is InChI=1S/C11H14N4O/c12-11-8-15(14-13-11)6-7-16-9-10-4-2-1-3-5-10/h1-5,8H,6-7,9,12H2. The Bertz CT molecular complexity index is 427. The van der Waals surface area contributed by atoms with E-state index in [-0.39, 0.29) is 0 Å². The fourth-order valence-corrected chi connectivity index (χ4v) is 1.35. The average Bonchev–Trinajstić information content (AvgIpc) is 2.72. The van der Waals surface area contributed by atoms with Crippen LogP contribution in [-0.4, -0.2) is 21.6 Å². The number of rotatable bonds is 5. The number of benzene rings is 1. The van der Waals surface area contributed by atoms with Crippen LogP contribution in [0.5, 0.6) is 0 Å². The summed E-state index contributed by atoms with van der Waals surface area (Å²) in [7, 11) is 0.